The van der Waals surface area contributed by atoms with Crippen molar-refractivity contribution in [2.45, 2.75) is 13.5 Å². The maximum atomic E-state index is 13.0. The highest BCUT2D eigenvalue weighted by atomic mass is 19.2. The number of hydrogen-bond acceptors (Lipinski definition) is 3. The molecule has 2 aromatic carbocycles. The summed E-state index contributed by atoms with van der Waals surface area (Å²) in [4.78, 5) is 11.9. The minimum absolute atomic E-state index is 0.125. The zero-order valence-corrected chi connectivity index (χ0v) is 10.8. The van der Waals surface area contributed by atoms with E-state index >= 15 is 0 Å². The molecule has 0 aliphatic carbocycles. The molecule has 0 saturated carbocycles. The number of hydrogen-bond donors (Lipinski definition) is 1. The van der Waals surface area contributed by atoms with E-state index in [1.54, 1.807) is 25.1 Å². The van der Waals surface area contributed by atoms with Crippen LogP contribution < -0.4 is 5.73 Å². The summed E-state index contributed by atoms with van der Waals surface area (Å²) in [5.41, 5.74) is 7.61. The van der Waals surface area contributed by atoms with E-state index in [1.165, 1.54) is 6.07 Å². The molecule has 2 rings (SSSR count). The van der Waals surface area contributed by atoms with Crippen LogP contribution in [-0.2, 0) is 11.3 Å². The molecule has 0 atom stereocenters. The number of benzene rings is 2. The van der Waals surface area contributed by atoms with Gasteiger partial charge in [-0.2, -0.15) is 0 Å². The molecule has 0 fully saturated rings. The second-order valence-corrected chi connectivity index (χ2v) is 4.40. The first-order valence-electron chi connectivity index (χ1n) is 5.94. The van der Waals surface area contributed by atoms with Gasteiger partial charge in [-0.25, -0.2) is 13.6 Å². The average molecular weight is 277 g/mol. The van der Waals surface area contributed by atoms with Crippen LogP contribution in [0.15, 0.2) is 36.4 Å². The highest BCUT2D eigenvalue weighted by Gasteiger charge is 2.11. The summed E-state index contributed by atoms with van der Waals surface area (Å²) in [5.74, 6) is -2.44. The molecule has 0 saturated heterocycles. The number of esters is 1. The fourth-order valence-corrected chi connectivity index (χ4v) is 1.77. The van der Waals surface area contributed by atoms with E-state index in [-0.39, 0.29) is 6.61 Å². The van der Waals surface area contributed by atoms with Crippen LogP contribution in [0.4, 0.5) is 14.5 Å². The van der Waals surface area contributed by atoms with Crippen LogP contribution in [0, 0.1) is 18.6 Å². The van der Waals surface area contributed by atoms with Gasteiger partial charge >= 0.3 is 5.97 Å². The van der Waals surface area contributed by atoms with E-state index in [0.717, 1.165) is 12.1 Å². The molecular formula is C15H13F2NO2. The SMILES string of the molecule is Cc1cc(N)ccc1C(=O)OCc1ccc(F)c(F)c1. The van der Waals surface area contributed by atoms with Crippen molar-refractivity contribution in [1.29, 1.82) is 0 Å². The quantitative estimate of drug-likeness (QED) is 0.692. The van der Waals surface area contributed by atoms with Crippen LogP contribution in [0.1, 0.15) is 21.5 Å². The fourth-order valence-electron chi connectivity index (χ4n) is 1.77. The Labute approximate surface area is 115 Å². The molecule has 0 aliphatic heterocycles. The Hall–Kier alpha value is -2.43. The molecule has 20 heavy (non-hydrogen) atoms. The van der Waals surface area contributed by atoms with Gasteiger partial charge < -0.3 is 10.5 Å². The van der Waals surface area contributed by atoms with Crippen molar-refractivity contribution < 1.29 is 18.3 Å². The Morgan fingerprint density at radius 2 is 1.90 bits per heavy atom. The van der Waals surface area contributed by atoms with Crippen molar-refractivity contribution in [2.24, 2.45) is 0 Å². The predicted molar refractivity (Wildman–Crippen MR) is 71.1 cm³/mol. The summed E-state index contributed by atoms with van der Waals surface area (Å²) >= 11 is 0. The highest BCUT2D eigenvalue weighted by molar-refractivity contribution is 5.91. The number of carbonyl (C=O) groups is 1. The van der Waals surface area contributed by atoms with Crippen LogP contribution in [0.25, 0.3) is 0 Å². The molecule has 2 aromatic rings. The molecule has 0 aromatic heterocycles. The number of halogens is 2. The number of rotatable bonds is 3. The zero-order valence-electron chi connectivity index (χ0n) is 10.8. The van der Waals surface area contributed by atoms with Gasteiger partial charge in [0.1, 0.15) is 6.61 Å². The minimum Gasteiger partial charge on any atom is -0.457 e. The van der Waals surface area contributed by atoms with Crippen molar-refractivity contribution >= 4 is 11.7 Å². The molecule has 0 heterocycles. The van der Waals surface area contributed by atoms with E-state index in [9.17, 15) is 13.6 Å². The van der Waals surface area contributed by atoms with Crippen LogP contribution in [0.5, 0.6) is 0 Å². The normalized spacial score (nSPS) is 10.3. The molecule has 0 spiro atoms. The summed E-state index contributed by atoms with van der Waals surface area (Å²) in [5, 5.41) is 0. The van der Waals surface area contributed by atoms with Crippen LogP contribution in [-0.4, -0.2) is 5.97 Å². The monoisotopic (exact) mass is 277 g/mol. The molecule has 3 nitrogen and oxygen atoms in total. The second kappa shape index (κ2) is 5.69. The summed E-state index contributed by atoms with van der Waals surface area (Å²) < 4.78 is 30.8. The first-order chi connectivity index (χ1) is 9.47. The third kappa shape index (κ3) is 3.12. The molecule has 104 valence electrons. The minimum atomic E-state index is -0.970. The topological polar surface area (TPSA) is 52.3 Å². The van der Waals surface area contributed by atoms with E-state index in [2.05, 4.69) is 0 Å². The van der Waals surface area contributed by atoms with E-state index < -0.39 is 17.6 Å². The lowest BCUT2D eigenvalue weighted by atomic mass is 10.1. The number of ether oxygens (including phenoxy) is 1. The Morgan fingerprint density at radius 3 is 2.55 bits per heavy atom. The van der Waals surface area contributed by atoms with Gasteiger partial charge in [0, 0.05) is 5.69 Å². The lowest BCUT2D eigenvalue weighted by molar-refractivity contribution is 0.0471. The van der Waals surface area contributed by atoms with E-state index in [0.29, 0.717) is 22.4 Å². The van der Waals surface area contributed by atoms with Gasteiger partial charge in [-0.05, 0) is 48.4 Å². The van der Waals surface area contributed by atoms with Crippen molar-refractivity contribution in [1.82, 2.24) is 0 Å². The predicted octanol–water partition coefficient (Wildman–Crippen LogP) is 3.21. The molecule has 0 bridgehead atoms. The van der Waals surface area contributed by atoms with Gasteiger partial charge in [-0.1, -0.05) is 6.07 Å². The molecule has 5 heteroatoms. The third-order valence-electron chi connectivity index (χ3n) is 2.82. The van der Waals surface area contributed by atoms with Crippen LogP contribution in [0.3, 0.4) is 0 Å². The lowest BCUT2D eigenvalue weighted by Crippen LogP contribution is -2.07. The first kappa shape index (κ1) is 14.0. The van der Waals surface area contributed by atoms with Gasteiger partial charge in [0.2, 0.25) is 0 Å². The Balaban J connectivity index is 2.06. The third-order valence-corrected chi connectivity index (χ3v) is 2.82. The Bertz CT molecular complexity index is 656. The van der Waals surface area contributed by atoms with Crippen LogP contribution >= 0.6 is 0 Å². The lowest BCUT2D eigenvalue weighted by Gasteiger charge is -2.08. The van der Waals surface area contributed by atoms with Gasteiger partial charge in [-0.3, -0.25) is 0 Å². The van der Waals surface area contributed by atoms with Crippen molar-refractivity contribution in [3.05, 3.63) is 64.7 Å². The summed E-state index contributed by atoms with van der Waals surface area (Å²) in [6, 6.07) is 8.18. The standard InChI is InChI=1S/C15H13F2NO2/c1-9-6-11(18)3-4-12(9)15(19)20-8-10-2-5-13(16)14(17)7-10/h2-7H,8,18H2,1H3. The summed E-state index contributed by atoms with van der Waals surface area (Å²) in [7, 11) is 0. The summed E-state index contributed by atoms with van der Waals surface area (Å²) in [6.45, 7) is 1.62. The van der Waals surface area contributed by atoms with Gasteiger partial charge in [-0.15, -0.1) is 0 Å². The molecule has 0 aliphatic rings. The zero-order chi connectivity index (χ0) is 14.7. The van der Waals surface area contributed by atoms with Gasteiger partial charge in [0.25, 0.3) is 0 Å². The fraction of sp³-hybridized carbons (Fsp3) is 0.133. The van der Waals surface area contributed by atoms with Gasteiger partial charge in [0.15, 0.2) is 11.6 Å². The van der Waals surface area contributed by atoms with Crippen molar-refractivity contribution in [2.75, 3.05) is 5.73 Å². The maximum Gasteiger partial charge on any atom is 0.338 e. The van der Waals surface area contributed by atoms with E-state index in [4.69, 9.17) is 10.5 Å². The molecule has 2 N–H and O–H groups in total. The largest absolute Gasteiger partial charge is 0.457 e. The molecular weight excluding hydrogens is 264 g/mol. The van der Waals surface area contributed by atoms with Gasteiger partial charge in [0.05, 0.1) is 5.56 Å². The molecule has 0 amide bonds. The Morgan fingerprint density at radius 1 is 1.15 bits per heavy atom. The molecule has 0 unspecified atom stereocenters. The number of nitrogens with two attached hydrogens (primary N) is 1. The second-order valence-electron chi connectivity index (χ2n) is 4.40. The van der Waals surface area contributed by atoms with Crippen molar-refractivity contribution in [3.8, 4) is 0 Å². The highest BCUT2D eigenvalue weighted by Crippen LogP contribution is 2.15. The number of anilines is 1. The number of aryl methyl sites for hydroxylation is 1. The van der Waals surface area contributed by atoms with E-state index in [1.807, 2.05) is 0 Å². The number of nitrogen functional groups attached to an aromatic ring is 1. The Kier molecular flexibility index (Phi) is 3.98. The van der Waals surface area contributed by atoms with Crippen LogP contribution in [0.2, 0.25) is 0 Å². The first-order valence-corrected chi connectivity index (χ1v) is 5.94. The number of carbonyl (C=O) groups excluding carboxylic acids is 1. The smallest absolute Gasteiger partial charge is 0.338 e. The van der Waals surface area contributed by atoms with Crippen molar-refractivity contribution in [3.63, 3.8) is 0 Å². The summed E-state index contributed by atoms with van der Waals surface area (Å²) in [6.07, 6.45) is 0. The average Bonchev–Trinajstić information content (AvgIpc) is 2.40. The maximum absolute atomic E-state index is 13.0. The molecule has 0 radical (unpaired) electrons.